The standard InChI is InChI=1S/C23H15N7O3S/c24-11-18-17(16-7-8-32-13-16)10-19(20-2-1-9-34-20)25-22(18)33-12-14-3-5-15(6-4-14)21(31)26-23-27-29-30-28-23/h1-10,13H,12H2,(H2,26,27,28,29,30,31). The van der Waals surface area contributed by atoms with Gasteiger partial charge in [-0.1, -0.05) is 23.3 Å². The molecule has 0 bridgehead atoms. The van der Waals surface area contributed by atoms with Crippen molar-refractivity contribution >= 4 is 23.2 Å². The maximum absolute atomic E-state index is 12.3. The number of thiophene rings is 1. The highest BCUT2D eigenvalue weighted by atomic mass is 32.1. The van der Waals surface area contributed by atoms with E-state index < -0.39 is 0 Å². The molecule has 0 aliphatic heterocycles. The molecule has 0 spiro atoms. The number of benzene rings is 1. The summed E-state index contributed by atoms with van der Waals surface area (Å²) in [5, 5.41) is 27.4. The van der Waals surface area contributed by atoms with Gasteiger partial charge in [0.2, 0.25) is 5.88 Å². The van der Waals surface area contributed by atoms with Crippen molar-refractivity contribution < 1.29 is 13.9 Å². The first-order chi connectivity index (χ1) is 16.7. The zero-order valence-electron chi connectivity index (χ0n) is 17.4. The molecule has 0 saturated heterocycles. The molecule has 0 aliphatic rings. The molecular formula is C23H15N7O3S. The van der Waals surface area contributed by atoms with E-state index in [0.717, 1.165) is 16.0 Å². The van der Waals surface area contributed by atoms with Crippen molar-refractivity contribution in [1.82, 2.24) is 25.6 Å². The summed E-state index contributed by atoms with van der Waals surface area (Å²) in [5.74, 6) is -0.0502. The number of tetrazole rings is 1. The third-order valence-electron chi connectivity index (χ3n) is 4.87. The lowest BCUT2D eigenvalue weighted by atomic mass is 10.0. The van der Waals surface area contributed by atoms with Crippen LogP contribution in [0.4, 0.5) is 5.95 Å². The van der Waals surface area contributed by atoms with Crippen molar-refractivity contribution in [3.05, 3.63) is 83.1 Å². The number of nitrogens with one attached hydrogen (secondary N) is 2. The maximum Gasteiger partial charge on any atom is 0.270 e. The highest BCUT2D eigenvalue weighted by molar-refractivity contribution is 7.13. The first kappa shape index (κ1) is 21.0. The van der Waals surface area contributed by atoms with Gasteiger partial charge < -0.3 is 9.15 Å². The van der Waals surface area contributed by atoms with Gasteiger partial charge in [-0.3, -0.25) is 10.1 Å². The van der Waals surface area contributed by atoms with Crippen molar-refractivity contribution in [1.29, 1.82) is 5.26 Å². The summed E-state index contributed by atoms with van der Waals surface area (Å²) in [6, 6.07) is 16.6. The fraction of sp³-hybridized carbons (Fsp3) is 0.0435. The molecule has 5 rings (SSSR count). The minimum atomic E-state index is -0.365. The Labute approximate surface area is 196 Å². The van der Waals surface area contributed by atoms with Crippen molar-refractivity contribution in [2.45, 2.75) is 6.61 Å². The molecule has 0 fully saturated rings. The number of ether oxygens (including phenoxy) is 1. The summed E-state index contributed by atoms with van der Waals surface area (Å²) in [4.78, 5) is 17.8. The molecule has 0 unspecified atom stereocenters. The average molecular weight is 469 g/mol. The number of hydrogen-bond acceptors (Lipinski definition) is 9. The summed E-state index contributed by atoms with van der Waals surface area (Å²) < 4.78 is 11.2. The van der Waals surface area contributed by atoms with Crippen LogP contribution in [0.1, 0.15) is 21.5 Å². The van der Waals surface area contributed by atoms with Crippen LogP contribution in [0.15, 0.2) is 70.9 Å². The van der Waals surface area contributed by atoms with Crippen LogP contribution in [-0.2, 0) is 6.61 Å². The van der Waals surface area contributed by atoms with Crippen molar-refractivity contribution in [3.63, 3.8) is 0 Å². The molecule has 4 aromatic heterocycles. The van der Waals surface area contributed by atoms with Crippen LogP contribution < -0.4 is 10.1 Å². The number of hydrogen-bond donors (Lipinski definition) is 2. The van der Waals surface area contributed by atoms with Crippen LogP contribution in [-0.4, -0.2) is 31.5 Å². The summed E-state index contributed by atoms with van der Waals surface area (Å²) in [5.41, 5.74) is 3.68. The Kier molecular flexibility index (Phi) is 5.79. The van der Waals surface area contributed by atoms with Crippen LogP contribution in [0, 0.1) is 11.3 Å². The zero-order valence-corrected chi connectivity index (χ0v) is 18.2. The second-order valence-electron chi connectivity index (χ2n) is 7.01. The largest absolute Gasteiger partial charge is 0.472 e. The number of nitrogens with zero attached hydrogens (tertiary/aromatic N) is 5. The maximum atomic E-state index is 12.3. The van der Waals surface area contributed by atoms with E-state index in [-0.39, 0.29) is 24.3 Å². The second kappa shape index (κ2) is 9.35. The fourth-order valence-corrected chi connectivity index (χ4v) is 3.91. The van der Waals surface area contributed by atoms with Gasteiger partial charge in [0.15, 0.2) is 0 Å². The lowest BCUT2D eigenvalue weighted by Gasteiger charge is -2.12. The lowest BCUT2D eigenvalue weighted by Crippen LogP contribution is -2.13. The summed E-state index contributed by atoms with van der Waals surface area (Å²) in [6.45, 7) is 0.160. The van der Waals surface area contributed by atoms with Gasteiger partial charge >= 0.3 is 0 Å². The van der Waals surface area contributed by atoms with Crippen molar-refractivity contribution in [3.8, 4) is 33.6 Å². The lowest BCUT2D eigenvalue weighted by molar-refractivity contribution is 0.102. The third-order valence-corrected chi connectivity index (χ3v) is 5.76. The summed E-state index contributed by atoms with van der Waals surface area (Å²) >= 11 is 1.55. The van der Waals surface area contributed by atoms with Gasteiger partial charge in [-0.15, -0.1) is 16.4 Å². The van der Waals surface area contributed by atoms with Gasteiger partial charge in [0.1, 0.15) is 18.2 Å². The van der Waals surface area contributed by atoms with Gasteiger partial charge in [0.25, 0.3) is 11.9 Å². The predicted molar refractivity (Wildman–Crippen MR) is 123 cm³/mol. The van der Waals surface area contributed by atoms with Crippen molar-refractivity contribution in [2.24, 2.45) is 0 Å². The number of aromatic nitrogens is 5. The number of rotatable bonds is 7. The Bertz CT molecular complexity index is 1440. The van der Waals surface area contributed by atoms with E-state index in [9.17, 15) is 10.1 Å². The number of carbonyl (C=O) groups excluding carboxylic acids is 1. The van der Waals surface area contributed by atoms with Gasteiger partial charge in [-0.2, -0.15) is 10.5 Å². The highest BCUT2D eigenvalue weighted by Crippen LogP contribution is 2.35. The van der Waals surface area contributed by atoms with E-state index in [1.165, 1.54) is 0 Å². The first-order valence-electron chi connectivity index (χ1n) is 9.99. The van der Waals surface area contributed by atoms with Crippen LogP contribution in [0.3, 0.4) is 0 Å². The van der Waals surface area contributed by atoms with Gasteiger partial charge in [-0.25, -0.2) is 4.98 Å². The number of furan rings is 1. The molecule has 0 saturated carbocycles. The Hall–Kier alpha value is -4.82. The monoisotopic (exact) mass is 469 g/mol. The molecule has 0 radical (unpaired) electrons. The number of nitriles is 1. The van der Waals surface area contributed by atoms with E-state index in [0.29, 0.717) is 22.4 Å². The highest BCUT2D eigenvalue weighted by Gasteiger charge is 2.18. The number of H-pyrrole nitrogens is 1. The number of carbonyl (C=O) groups is 1. The number of anilines is 1. The van der Waals surface area contributed by atoms with Crippen molar-refractivity contribution in [2.75, 3.05) is 5.32 Å². The molecule has 10 nitrogen and oxygen atoms in total. The predicted octanol–water partition coefficient (Wildman–Crippen LogP) is 4.29. The molecule has 2 N–H and O–H groups in total. The third kappa shape index (κ3) is 4.38. The molecule has 1 amide bonds. The second-order valence-corrected chi connectivity index (χ2v) is 7.96. The van der Waals surface area contributed by atoms with E-state index in [4.69, 9.17) is 9.15 Å². The fourth-order valence-electron chi connectivity index (χ4n) is 3.22. The van der Waals surface area contributed by atoms with Crippen LogP contribution in [0.5, 0.6) is 5.88 Å². The Morgan fingerprint density at radius 2 is 2.12 bits per heavy atom. The molecule has 4 heterocycles. The van der Waals surface area contributed by atoms with Crippen LogP contribution in [0.25, 0.3) is 21.7 Å². The zero-order chi connectivity index (χ0) is 23.3. The molecule has 1 aromatic carbocycles. The molecule has 0 aliphatic carbocycles. The minimum absolute atomic E-state index is 0.0894. The van der Waals surface area contributed by atoms with Crippen LogP contribution >= 0.6 is 11.3 Å². The number of aromatic amines is 1. The van der Waals surface area contributed by atoms with Crippen LogP contribution in [0.2, 0.25) is 0 Å². The minimum Gasteiger partial charge on any atom is -0.472 e. The molecule has 0 atom stereocenters. The molecular weight excluding hydrogens is 454 g/mol. The average Bonchev–Trinajstić information content (AvgIpc) is 3.66. The van der Waals surface area contributed by atoms with Gasteiger partial charge in [0, 0.05) is 16.7 Å². The van der Waals surface area contributed by atoms with E-state index in [1.807, 2.05) is 23.6 Å². The summed E-state index contributed by atoms with van der Waals surface area (Å²) in [7, 11) is 0. The van der Waals surface area contributed by atoms with E-state index in [1.54, 1.807) is 54.2 Å². The Balaban J connectivity index is 1.39. The smallest absolute Gasteiger partial charge is 0.270 e. The summed E-state index contributed by atoms with van der Waals surface area (Å²) in [6.07, 6.45) is 3.13. The Morgan fingerprint density at radius 1 is 1.24 bits per heavy atom. The number of amides is 1. The van der Waals surface area contributed by atoms with Gasteiger partial charge in [-0.05, 0) is 46.5 Å². The molecule has 5 aromatic rings. The van der Waals surface area contributed by atoms with E-state index >= 15 is 0 Å². The topological polar surface area (TPSA) is 143 Å². The molecule has 11 heteroatoms. The molecule has 166 valence electrons. The SMILES string of the molecule is N#Cc1c(-c2ccoc2)cc(-c2cccs2)nc1OCc1ccc(C(=O)Nc2nn[nH]n2)cc1. The first-order valence-corrected chi connectivity index (χ1v) is 10.9. The van der Waals surface area contributed by atoms with Gasteiger partial charge in [0.05, 0.1) is 23.1 Å². The molecule has 34 heavy (non-hydrogen) atoms. The quantitative estimate of drug-likeness (QED) is 0.359. The van der Waals surface area contributed by atoms with E-state index in [2.05, 4.69) is 37.0 Å². The normalized spacial score (nSPS) is 10.6. The number of pyridine rings is 1. The Morgan fingerprint density at radius 3 is 2.79 bits per heavy atom.